The van der Waals surface area contributed by atoms with Crippen LogP contribution in [0.3, 0.4) is 0 Å². The van der Waals surface area contributed by atoms with E-state index in [0.29, 0.717) is 12.6 Å². The van der Waals surface area contributed by atoms with E-state index in [1.807, 2.05) is 0 Å². The number of aromatic nitrogens is 3. The normalized spacial score (nSPS) is 20.4. The number of nitrogens with one attached hydrogen (secondary N) is 1. The van der Waals surface area contributed by atoms with E-state index in [1.165, 1.54) is 19.4 Å². The molecule has 5 nitrogen and oxygen atoms in total. The van der Waals surface area contributed by atoms with E-state index in [2.05, 4.69) is 28.7 Å². The van der Waals surface area contributed by atoms with Crippen molar-refractivity contribution in [3.05, 3.63) is 23.1 Å². The Labute approximate surface area is 111 Å². The number of thioether (sulfide) groups is 1. The summed E-state index contributed by atoms with van der Waals surface area (Å²) in [5.41, 5.74) is -0.157. The lowest BCUT2D eigenvalue weighted by Gasteiger charge is -2.18. The van der Waals surface area contributed by atoms with Crippen LogP contribution in [-0.4, -0.2) is 45.1 Å². The number of H-pyrrole nitrogens is 1. The molecule has 0 amide bonds. The van der Waals surface area contributed by atoms with Crippen molar-refractivity contribution >= 4 is 11.8 Å². The highest BCUT2D eigenvalue weighted by Crippen LogP contribution is 2.22. The largest absolute Gasteiger partial charge is 0.344 e. The molecule has 18 heavy (non-hydrogen) atoms. The molecular weight excluding hydrogens is 248 g/mol. The highest BCUT2D eigenvalue weighted by Gasteiger charge is 2.20. The van der Waals surface area contributed by atoms with Gasteiger partial charge < -0.3 is 4.90 Å². The van der Waals surface area contributed by atoms with Crippen LogP contribution in [0.2, 0.25) is 0 Å². The Morgan fingerprint density at radius 1 is 1.67 bits per heavy atom. The van der Waals surface area contributed by atoms with Crippen LogP contribution in [0.5, 0.6) is 0 Å². The minimum atomic E-state index is -0.157. The fraction of sp³-hybridized carbons (Fsp3) is 0.667. The molecule has 1 aliphatic rings. The third-order valence-electron chi connectivity index (χ3n) is 3.39. The molecule has 6 heteroatoms. The Balaban J connectivity index is 1.86. The molecule has 1 fully saturated rings. The Bertz CT molecular complexity index is 453. The maximum atomic E-state index is 11.5. The first-order valence-corrected chi connectivity index (χ1v) is 7.30. The Morgan fingerprint density at radius 2 is 2.50 bits per heavy atom. The second kappa shape index (κ2) is 6.24. The lowest BCUT2D eigenvalue weighted by Crippen LogP contribution is -2.25. The van der Waals surface area contributed by atoms with Gasteiger partial charge in [-0.2, -0.15) is 0 Å². The Hall–Kier alpha value is -1.01. The van der Waals surface area contributed by atoms with Gasteiger partial charge >= 0.3 is 5.69 Å². The fourth-order valence-corrected chi connectivity index (χ4v) is 3.33. The first kappa shape index (κ1) is 13.4. The van der Waals surface area contributed by atoms with E-state index >= 15 is 0 Å². The maximum absolute atomic E-state index is 11.5. The molecular formula is C12H20N4OS. The van der Waals surface area contributed by atoms with Crippen LogP contribution in [0.4, 0.5) is 0 Å². The van der Waals surface area contributed by atoms with Crippen LogP contribution >= 0.6 is 11.8 Å². The van der Waals surface area contributed by atoms with Gasteiger partial charge in [0.15, 0.2) is 5.16 Å². The zero-order valence-corrected chi connectivity index (χ0v) is 11.6. The first-order valence-electron chi connectivity index (χ1n) is 6.31. The van der Waals surface area contributed by atoms with Crippen LogP contribution in [0, 0.1) is 0 Å². The van der Waals surface area contributed by atoms with E-state index in [-0.39, 0.29) is 5.69 Å². The summed E-state index contributed by atoms with van der Waals surface area (Å²) in [5, 5.41) is 7.30. The third kappa shape index (κ3) is 3.05. The number of allylic oxidation sites excluding steroid dienone is 1. The van der Waals surface area contributed by atoms with Gasteiger partial charge in [-0.3, -0.25) is 4.57 Å². The van der Waals surface area contributed by atoms with E-state index in [9.17, 15) is 4.79 Å². The average molecular weight is 268 g/mol. The van der Waals surface area contributed by atoms with E-state index < -0.39 is 0 Å². The van der Waals surface area contributed by atoms with Crippen molar-refractivity contribution < 1.29 is 0 Å². The van der Waals surface area contributed by atoms with Gasteiger partial charge in [0, 0.05) is 18.3 Å². The van der Waals surface area contributed by atoms with Crippen molar-refractivity contribution in [2.75, 3.05) is 19.3 Å². The predicted molar refractivity (Wildman–Crippen MR) is 74.0 cm³/mol. The number of rotatable bonds is 6. The molecule has 0 bridgehead atoms. The summed E-state index contributed by atoms with van der Waals surface area (Å²) < 4.78 is 1.62. The summed E-state index contributed by atoms with van der Waals surface area (Å²) in [5.74, 6) is 0.996. The molecule has 0 aromatic carbocycles. The SMILES string of the molecule is C=CCn1c(SCC[C@@H]2CCCN2C)n[nH]c1=O. The van der Waals surface area contributed by atoms with Gasteiger partial charge in [-0.15, -0.1) is 11.7 Å². The van der Waals surface area contributed by atoms with E-state index in [0.717, 1.165) is 17.3 Å². The lowest BCUT2D eigenvalue weighted by molar-refractivity contribution is 0.305. The molecule has 1 saturated heterocycles. The summed E-state index contributed by atoms with van der Waals surface area (Å²) in [6.45, 7) is 5.38. The molecule has 0 unspecified atom stereocenters. The maximum Gasteiger partial charge on any atom is 0.344 e. The quantitative estimate of drug-likeness (QED) is 0.625. The van der Waals surface area contributed by atoms with Gasteiger partial charge in [-0.25, -0.2) is 9.89 Å². The van der Waals surface area contributed by atoms with Crippen LogP contribution in [0.1, 0.15) is 19.3 Å². The number of nitrogens with zero attached hydrogens (tertiary/aromatic N) is 3. The third-order valence-corrected chi connectivity index (χ3v) is 4.40. The van der Waals surface area contributed by atoms with Gasteiger partial charge in [-0.05, 0) is 32.9 Å². The van der Waals surface area contributed by atoms with E-state index in [1.54, 1.807) is 22.4 Å². The fourth-order valence-electron chi connectivity index (χ4n) is 2.33. The molecule has 0 radical (unpaired) electrons. The highest BCUT2D eigenvalue weighted by molar-refractivity contribution is 7.99. The van der Waals surface area contributed by atoms with Crippen molar-refractivity contribution in [1.82, 2.24) is 19.7 Å². The lowest BCUT2D eigenvalue weighted by atomic mass is 10.2. The molecule has 1 aromatic heterocycles. The second-order valence-corrected chi connectivity index (χ2v) is 5.69. The van der Waals surface area contributed by atoms with Crippen LogP contribution < -0.4 is 5.69 Å². The van der Waals surface area contributed by atoms with Gasteiger partial charge in [0.05, 0.1) is 0 Å². The average Bonchev–Trinajstić information content (AvgIpc) is 2.90. The Kier molecular flexibility index (Phi) is 4.66. The van der Waals surface area contributed by atoms with Crippen molar-refractivity contribution in [3.63, 3.8) is 0 Å². The highest BCUT2D eigenvalue weighted by atomic mass is 32.2. The molecule has 0 spiro atoms. The number of hydrogen-bond acceptors (Lipinski definition) is 4. The van der Waals surface area contributed by atoms with Crippen LogP contribution in [0.25, 0.3) is 0 Å². The standard InChI is InChI=1S/C12H20N4OS/c1-3-7-16-11(17)13-14-12(16)18-9-6-10-5-4-8-15(10)2/h3,10H,1,4-9H2,2H3,(H,13,17)/t10-/m0/s1. The van der Waals surface area contributed by atoms with Gasteiger partial charge in [0.25, 0.3) is 0 Å². The monoisotopic (exact) mass is 268 g/mol. The van der Waals surface area contributed by atoms with Crippen molar-refractivity contribution in [3.8, 4) is 0 Å². The van der Waals surface area contributed by atoms with Gasteiger partial charge in [-0.1, -0.05) is 17.8 Å². The second-order valence-electron chi connectivity index (χ2n) is 4.62. The number of likely N-dealkylation sites (tertiary alicyclic amines) is 1. The summed E-state index contributed by atoms with van der Waals surface area (Å²) >= 11 is 1.64. The van der Waals surface area contributed by atoms with Crippen molar-refractivity contribution in [2.45, 2.75) is 37.0 Å². The molecule has 100 valence electrons. The Morgan fingerprint density at radius 3 is 3.17 bits per heavy atom. The van der Waals surface area contributed by atoms with Crippen molar-refractivity contribution in [1.29, 1.82) is 0 Å². The molecule has 2 rings (SSSR count). The van der Waals surface area contributed by atoms with Crippen LogP contribution in [-0.2, 0) is 6.54 Å². The molecule has 0 aliphatic carbocycles. The first-order chi connectivity index (χ1) is 8.72. The predicted octanol–water partition coefficient (Wildman–Crippen LogP) is 1.33. The number of hydrogen-bond donors (Lipinski definition) is 1. The molecule has 1 atom stereocenters. The zero-order valence-electron chi connectivity index (χ0n) is 10.8. The van der Waals surface area contributed by atoms with Gasteiger partial charge in [0.1, 0.15) is 0 Å². The minimum Gasteiger partial charge on any atom is -0.303 e. The number of aromatic amines is 1. The summed E-state index contributed by atoms with van der Waals surface area (Å²) in [4.78, 5) is 13.9. The van der Waals surface area contributed by atoms with Gasteiger partial charge in [0.2, 0.25) is 0 Å². The molecule has 2 heterocycles. The van der Waals surface area contributed by atoms with Crippen molar-refractivity contribution in [2.24, 2.45) is 0 Å². The molecule has 1 N–H and O–H groups in total. The summed E-state index contributed by atoms with van der Waals surface area (Å²) in [7, 11) is 2.19. The molecule has 0 saturated carbocycles. The molecule has 1 aliphatic heterocycles. The summed E-state index contributed by atoms with van der Waals surface area (Å²) in [6.07, 6.45) is 5.45. The zero-order chi connectivity index (χ0) is 13.0. The summed E-state index contributed by atoms with van der Waals surface area (Å²) in [6, 6.07) is 0.691. The minimum absolute atomic E-state index is 0.157. The smallest absolute Gasteiger partial charge is 0.303 e. The molecule has 1 aromatic rings. The van der Waals surface area contributed by atoms with E-state index in [4.69, 9.17) is 0 Å². The van der Waals surface area contributed by atoms with Crippen LogP contribution in [0.15, 0.2) is 22.6 Å². The topological polar surface area (TPSA) is 53.9 Å².